The average Bonchev–Trinajstić information content (AvgIpc) is 3.31. The summed E-state index contributed by atoms with van der Waals surface area (Å²) in [5.74, 6) is 1.32. The van der Waals surface area contributed by atoms with Crippen LogP contribution in [-0.2, 0) is 32.6 Å². The van der Waals surface area contributed by atoms with Crippen molar-refractivity contribution in [2.45, 2.75) is 38.0 Å². The van der Waals surface area contributed by atoms with E-state index in [1.54, 1.807) is 16.7 Å². The van der Waals surface area contributed by atoms with Gasteiger partial charge in [0.25, 0.3) is 0 Å². The summed E-state index contributed by atoms with van der Waals surface area (Å²) in [4.78, 5) is 0. The first kappa shape index (κ1) is 23.4. The quantitative estimate of drug-likeness (QED) is 0.476. The molecule has 2 unspecified atom stereocenters. The van der Waals surface area contributed by atoms with Crippen molar-refractivity contribution >= 4 is 0 Å². The summed E-state index contributed by atoms with van der Waals surface area (Å²) in [6, 6.07) is 16.0. The normalized spacial score (nSPS) is 19.4. The molecule has 0 saturated carbocycles. The van der Waals surface area contributed by atoms with E-state index in [2.05, 4.69) is 72.8 Å². The SMILES string of the molecule is C1=CCC(C(c2cccc3c2Cc2ccccc2-3)C2CC=CCC2)=C1.[Cl-].[Cl-].[Zr+2]. The summed E-state index contributed by atoms with van der Waals surface area (Å²) >= 11 is 0. The molecule has 142 valence electrons. The number of hydrogen-bond donors (Lipinski definition) is 0. The van der Waals surface area contributed by atoms with Crippen molar-refractivity contribution in [3.05, 3.63) is 95.1 Å². The summed E-state index contributed by atoms with van der Waals surface area (Å²) in [6.07, 6.45) is 17.7. The van der Waals surface area contributed by atoms with Gasteiger partial charge in [0.1, 0.15) is 0 Å². The fourth-order valence-corrected chi connectivity index (χ4v) is 5.04. The predicted molar refractivity (Wildman–Crippen MR) is 106 cm³/mol. The molecule has 3 aliphatic carbocycles. The minimum Gasteiger partial charge on any atom is -1.00 e. The molecular weight excluding hydrogens is 462 g/mol. The first-order valence-corrected chi connectivity index (χ1v) is 9.62. The van der Waals surface area contributed by atoms with Crippen LogP contribution < -0.4 is 24.8 Å². The van der Waals surface area contributed by atoms with Gasteiger partial charge in [-0.05, 0) is 65.8 Å². The zero-order valence-electron chi connectivity index (χ0n) is 15.9. The molecule has 2 atom stereocenters. The fourth-order valence-electron chi connectivity index (χ4n) is 5.04. The molecule has 28 heavy (non-hydrogen) atoms. The van der Waals surface area contributed by atoms with Crippen LogP contribution in [0.2, 0.25) is 0 Å². The topological polar surface area (TPSA) is 0 Å². The van der Waals surface area contributed by atoms with Gasteiger partial charge in [0.15, 0.2) is 0 Å². The van der Waals surface area contributed by atoms with Crippen LogP contribution in [0.5, 0.6) is 0 Å². The molecule has 0 bridgehead atoms. The summed E-state index contributed by atoms with van der Waals surface area (Å²) in [7, 11) is 0. The molecule has 2 aromatic carbocycles. The fraction of sp³-hybridized carbons (Fsp3) is 0.280. The van der Waals surface area contributed by atoms with Crippen LogP contribution in [-0.4, -0.2) is 0 Å². The van der Waals surface area contributed by atoms with Gasteiger partial charge >= 0.3 is 26.2 Å². The van der Waals surface area contributed by atoms with Crippen LogP contribution in [0, 0.1) is 5.92 Å². The minimum absolute atomic E-state index is 0. The Kier molecular flexibility index (Phi) is 8.56. The molecule has 0 amide bonds. The van der Waals surface area contributed by atoms with Crippen LogP contribution in [0.1, 0.15) is 48.3 Å². The van der Waals surface area contributed by atoms with Gasteiger partial charge in [0.05, 0.1) is 0 Å². The van der Waals surface area contributed by atoms with E-state index in [0.29, 0.717) is 5.92 Å². The van der Waals surface area contributed by atoms with Gasteiger partial charge in [-0.15, -0.1) is 0 Å². The van der Waals surface area contributed by atoms with Crippen molar-refractivity contribution in [2.75, 3.05) is 0 Å². The maximum Gasteiger partial charge on any atom is 2.00 e. The van der Waals surface area contributed by atoms with Crippen molar-refractivity contribution in [3.63, 3.8) is 0 Å². The van der Waals surface area contributed by atoms with Gasteiger partial charge in [-0.1, -0.05) is 78.4 Å². The Labute approximate surface area is 200 Å². The number of halogens is 2. The third-order valence-electron chi connectivity index (χ3n) is 6.20. The van der Waals surface area contributed by atoms with Crippen molar-refractivity contribution in [1.29, 1.82) is 0 Å². The van der Waals surface area contributed by atoms with Gasteiger partial charge in [-0.2, -0.15) is 0 Å². The van der Waals surface area contributed by atoms with Crippen LogP contribution in [0.25, 0.3) is 11.1 Å². The van der Waals surface area contributed by atoms with Gasteiger partial charge in [-0.25, -0.2) is 0 Å². The van der Waals surface area contributed by atoms with Crippen molar-refractivity contribution in [1.82, 2.24) is 0 Å². The Morgan fingerprint density at radius 3 is 2.43 bits per heavy atom. The second-order valence-corrected chi connectivity index (χ2v) is 7.60. The summed E-state index contributed by atoms with van der Waals surface area (Å²) in [5, 5.41) is 0. The molecule has 0 aromatic heterocycles. The van der Waals surface area contributed by atoms with E-state index in [1.807, 2.05) is 0 Å². The number of rotatable bonds is 3. The molecule has 0 saturated heterocycles. The number of allylic oxidation sites excluding steroid dienone is 6. The van der Waals surface area contributed by atoms with E-state index in [1.165, 1.54) is 36.0 Å². The van der Waals surface area contributed by atoms with Crippen molar-refractivity contribution < 1.29 is 51.0 Å². The Balaban J connectivity index is 0.000000934. The largest absolute Gasteiger partial charge is 2.00 e. The van der Waals surface area contributed by atoms with Gasteiger partial charge in [0, 0.05) is 5.92 Å². The van der Waals surface area contributed by atoms with Gasteiger partial charge in [-0.3, -0.25) is 0 Å². The van der Waals surface area contributed by atoms with E-state index in [-0.39, 0.29) is 51.0 Å². The maximum atomic E-state index is 2.41. The first-order chi connectivity index (χ1) is 12.4. The standard InChI is InChI=1S/C25H24.2ClH.Zr/c1-2-9-18(10-3-1)25(19-11-4-5-12-19)23-16-8-15-22-21-14-7-6-13-20(21)17-24(22)23;;;/h1-2,4-8,11,13-16,18,25H,3,9-10,12,17H2;2*1H;/q;;;+2/p-2. The summed E-state index contributed by atoms with van der Waals surface area (Å²) < 4.78 is 0. The Hall–Kier alpha value is -0.877. The zero-order valence-corrected chi connectivity index (χ0v) is 19.8. The Morgan fingerprint density at radius 1 is 0.857 bits per heavy atom. The molecule has 0 spiro atoms. The Morgan fingerprint density at radius 2 is 1.68 bits per heavy atom. The number of fused-ring (bicyclic) bond motifs is 3. The smallest absolute Gasteiger partial charge is 1.00 e. The Bertz CT molecular complexity index is 911. The maximum absolute atomic E-state index is 2.41. The molecule has 0 radical (unpaired) electrons. The molecule has 3 aliphatic rings. The van der Waals surface area contributed by atoms with Crippen LogP contribution in [0.3, 0.4) is 0 Å². The summed E-state index contributed by atoms with van der Waals surface area (Å²) in [5.41, 5.74) is 9.19. The molecule has 0 nitrogen and oxygen atoms in total. The number of benzene rings is 2. The van der Waals surface area contributed by atoms with Crippen LogP contribution in [0.15, 0.2) is 78.4 Å². The molecule has 0 fully saturated rings. The third-order valence-corrected chi connectivity index (χ3v) is 6.20. The second kappa shape index (κ2) is 10.2. The molecule has 0 N–H and O–H groups in total. The molecule has 0 heterocycles. The van der Waals surface area contributed by atoms with Gasteiger partial charge in [0.2, 0.25) is 0 Å². The molecule has 2 aromatic rings. The first-order valence-electron chi connectivity index (χ1n) is 9.62. The summed E-state index contributed by atoms with van der Waals surface area (Å²) in [6.45, 7) is 0. The van der Waals surface area contributed by atoms with Crippen molar-refractivity contribution in [3.8, 4) is 11.1 Å². The van der Waals surface area contributed by atoms with E-state index >= 15 is 0 Å². The second-order valence-electron chi connectivity index (χ2n) is 7.60. The predicted octanol–water partition coefficient (Wildman–Crippen LogP) is 0.589. The van der Waals surface area contributed by atoms with Crippen LogP contribution >= 0.6 is 0 Å². The van der Waals surface area contributed by atoms with E-state index in [9.17, 15) is 0 Å². The average molecular weight is 487 g/mol. The molecule has 0 aliphatic heterocycles. The van der Waals surface area contributed by atoms with E-state index in [4.69, 9.17) is 0 Å². The third kappa shape index (κ3) is 4.18. The molecular formula is C25H24Cl2Zr. The van der Waals surface area contributed by atoms with Crippen molar-refractivity contribution in [2.24, 2.45) is 5.92 Å². The minimum atomic E-state index is 0. The van der Waals surface area contributed by atoms with Gasteiger partial charge < -0.3 is 24.8 Å². The van der Waals surface area contributed by atoms with Crippen LogP contribution in [0.4, 0.5) is 0 Å². The molecule has 3 heteroatoms. The van der Waals surface area contributed by atoms with E-state index < -0.39 is 0 Å². The van der Waals surface area contributed by atoms with E-state index in [0.717, 1.165) is 18.8 Å². The zero-order chi connectivity index (χ0) is 16.6. The molecule has 5 rings (SSSR count). The number of hydrogen-bond acceptors (Lipinski definition) is 0. The monoisotopic (exact) mass is 484 g/mol.